The number of hydrogen-bond donors (Lipinski definition) is 2. The number of ether oxygens (including phenoxy) is 1. The Hall–Kier alpha value is -2.08. The first-order valence-corrected chi connectivity index (χ1v) is 7.38. The average Bonchev–Trinajstić information content (AvgIpc) is 2.45. The number of benzene rings is 1. The topological polar surface area (TPSA) is 79.8 Å². The molecule has 6 nitrogen and oxygen atoms in total. The zero-order valence-corrected chi connectivity index (χ0v) is 13.6. The minimum Gasteiger partial charge on any atom is -0.492 e. The van der Waals surface area contributed by atoms with Crippen LogP contribution in [0.5, 0.6) is 5.75 Å². The van der Waals surface area contributed by atoms with Crippen molar-refractivity contribution in [2.24, 2.45) is 5.10 Å². The van der Waals surface area contributed by atoms with Gasteiger partial charge in [0, 0.05) is 6.04 Å². The molecule has 0 fully saturated rings. The van der Waals surface area contributed by atoms with Crippen LogP contribution in [0.1, 0.15) is 32.8 Å². The Labute approximate surface area is 134 Å². The molecule has 0 aromatic heterocycles. The van der Waals surface area contributed by atoms with Gasteiger partial charge in [0.25, 0.3) is 0 Å². The van der Waals surface area contributed by atoms with Gasteiger partial charge in [-0.2, -0.15) is 5.10 Å². The summed E-state index contributed by atoms with van der Waals surface area (Å²) >= 11 is 6.08. The molecule has 22 heavy (non-hydrogen) atoms. The molecule has 2 amide bonds. The number of nitrogens with zero attached hydrogens (tertiary/aromatic N) is 1. The van der Waals surface area contributed by atoms with Crippen LogP contribution in [-0.4, -0.2) is 30.7 Å². The second-order valence-corrected chi connectivity index (χ2v) is 5.27. The Kier molecular flexibility index (Phi) is 7.39. The summed E-state index contributed by atoms with van der Waals surface area (Å²) in [6.45, 7) is 6.12. The fraction of sp³-hybridized carbons (Fsp3) is 0.400. The lowest BCUT2D eigenvalue weighted by molar-refractivity contribution is -0.139. The summed E-state index contributed by atoms with van der Waals surface area (Å²) in [6.07, 6.45) is 2.29. The number of rotatable bonds is 6. The van der Waals surface area contributed by atoms with E-state index in [0.29, 0.717) is 22.9 Å². The van der Waals surface area contributed by atoms with Crippen molar-refractivity contribution in [2.45, 2.75) is 33.2 Å². The van der Waals surface area contributed by atoms with Crippen molar-refractivity contribution in [3.05, 3.63) is 28.8 Å². The summed E-state index contributed by atoms with van der Waals surface area (Å²) in [5, 5.41) is 6.64. The highest BCUT2D eigenvalue weighted by atomic mass is 35.5. The summed E-state index contributed by atoms with van der Waals surface area (Å²) in [6, 6.07) is 5.03. The van der Waals surface area contributed by atoms with E-state index in [0.717, 1.165) is 6.42 Å². The second kappa shape index (κ2) is 9.04. The van der Waals surface area contributed by atoms with E-state index in [1.54, 1.807) is 32.0 Å². The van der Waals surface area contributed by atoms with Crippen LogP contribution in [0, 0.1) is 0 Å². The van der Waals surface area contributed by atoms with Crippen molar-refractivity contribution < 1.29 is 14.3 Å². The molecule has 0 aliphatic heterocycles. The first-order chi connectivity index (χ1) is 10.4. The van der Waals surface area contributed by atoms with Crippen molar-refractivity contribution in [2.75, 3.05) is 6.61 Å². The van der Waals surface area contributed by atoms with Gasteiger partial charge in [-0.05, 0) is 44.0 Å². The number of halogens is 1. The number of hydrogen-bond acceptors (Lipinski definition) is 4. The van der Waals surface area contributed by atoms with E-state index in [1.165, 1.54) is 6.21 Å². The van der Waals surface area contributed by atoms with Gasteiger partial charge in [0.15, 0.2) is 0 Å². The molecular formula is C15H20ClN3O3. The largest absolute Gasteiger partial charge is 0.492 e. The quantitative estimate of drug-likeness (QED) is 0.477. The third-order valence-electron chi connectivity index (χ3n) is 2.42. The summed E-state index contributed by atoms with van der Waals surface area (Å²) in [5.74, 6) is -0.951. The van der Waals surface area contributed by atoms with Crippen LogP contribution in [0.2, 0.25) is 5.02 Å². The van der Waals surface area contributed by atoms with Gasteiger partial charge < -0.3 is 10.1 Å². The minimum atomic E-state index is -0.820. The van der Waals surface area contributed by atoms with Crippen LogP contribution >= 0.6 is 11.6 Å². The number of carbonyl (C=O) groups excluding carboxylic acids is 2. The standard InChI is InChI=1S/C15H20ClN3O3/c1-4-7-22-13-6-5-11(8-12(13)16)9-17-19-15(21)14(20)18-10(2)3/h5-6,8-10H,4,7H2,1-3H3,(H,18,20)(H,19,21)/b17-9-. The third kappa shape index (κ3) is 6.13. The van der Waals surface area contributed by atoms with Crippen molar-refractivity contribution in [1.82, 2.24) is 10.7 Å². The molecule has 120 valence electrons. The molecule has 0 spiro atoms. The van der Waals surface area contributed by atoms with Crippen molar-refractivity contribution in [3.8, 4) is 5.75 Å². The highest BCUT2D eigenvalue weighted by Gasteiger charge is 2.12. The van der Waals surface area contributed by atoms with E-state index in [-0.39, 0.29) is 6.04 Å². The maximum atomic E-state index is 11.4. The Morgan fingerprint density at radius 3 is 2.68 bits per heavy atom. The lowest BCUT2D eigenvalue weighted by Gasteiger charge is -2.07. The molecule has 0 aliphatic carbocycles. The monoisotopic (exact) mass is 325 g/mol. The van der Waals surface area contributed by atoms with Gasteiger partial charge in [0.2, 0.25) is 0 Å². The van der Waals surface area contributed by atoms with Crippen LogP contribution in [-0.2, 0) is 9.59 Å². The van der Waals surface area contributed by atoms with Gasteiger partial charge in [0.1, 0.15) is 5.75 Å². The molecule has 0 unspecified atom stereocenters. The Bertz CT molecular complexity index is 559. The van der Waals surface area contributed by atoms with E-state index < -0.39 is 11.8 Å². The third-order valence-corrected chi connectivity index (χ3v) is 2.72. The zero-order chi connectivity index (χ0) is 16.5. The molecule has 0 bridgehead atoms. The average molecular weight is 326 g/mol. The van der Waals surface area contributed by atoms with Crippen LogP contribution in [0.15, 0.2) is 23.3 Å². The van der Waals surface area contributed by atoms with E-state index in [1.807, 2.05) is 6.92 Å². The molecule has 0 aliphatic rings. The Morgan fingerprint density at radius 2 is 2.09 bits per heavy atom. The van der Waals surface area contributed by atoms with E-state index in [2.05, 4.69) is 15.8 Å². The molecule has 0 saturated carbocycles. The maximum Gasteiger partial charge on any atom is 0.329 e. The van der Waals surface area contributed by atoms with Gasteiger partial charge in [-0.1, -0.05) is 18.5 Å². The van der Waals surface area contributed by atoms with Gasteiger partial charge >= 0.3 is 11.8 Å². The van der Waals surface area contributed by atoms with Gasteiger partial charge in [0.05, 0.1) is 17.8 Å². The molecular weight excluding hydrogens is 306 g/mol. The predicted molar refractivity (Wildman–Crippen MR) is 86.3 cm³/mol. The molecule has 1 rings (SSSR count). The number of hydrazone groups is 1. The SMILES string of the molecule is CCCOc1ccc(/C=N\NC(=O)C(=O)NC(C)C)cc1Cl. The first-order valence-electron chi connectivity index (χ1n) is 7.00. The summed E-state index contributed by atoms with van der Waals surface area (Å²) in [4.78, 5) is 22.8. The normalized spacial score (nSPS) is 10.8. The maximum absolute atomic E-state index is 11.4. The predicted octanol–water partition coefficient (Wildman–Crippen LogP) is 2.10. The van der Waals surface area contributed by atoms with Gasteiger partial charge in [-0.3, -0.25) is 9.59 Å². The summed E-state index contributed by atoms with van der Waals surface area (Å²) in [7, 11) is 0. The lowest BCUT2D eigenvalue weighted by Crippen LogP contribution is -2.41. The van der Waals surface area contributed by atoms with Crippen molar-refractivity contribution >= 4 is 29.6 Å². The van der Waals surface area contributed by atoms with E-state index in [4.69, 9.17) is 16.3 Å². The lowest BCUT2D eigenvalue weighted by atomic mass is 10.2. The zero-order valence-electron chi connectivity index (χ0n) is 12.9. The fourth-order valence-corrected chi connectivity index (χ4v) is 1.71. The molecule has 0 saturated heterocycles. The number of amides is 2. The fourth-order valence-electron chi connectivity index (χ4n) is 1.47. The van der Waals surface area contributed by atoms with Gasteiger partial charge in [-0.15, -0.1) is 0 Å². The number of carbonyl (C=O) groups is 2. The Balaban J connectivity index is 2.58. The molecule has 1 aromatic rings. The van der Waals surface area contributed by atoms with Crippen molar-refractivity contribution in [3.63, 3.8) is 0 Å². The van der Waals surface area contributed by atoms with Crippen LogP contribution in [0.25, 0.3) is 0 Å². The summed E-state index contributed by atoms with van der Waals surface area (Å²) < 4.78 is 5.45. The van der Waals surface area contributed by atoms with Crippen LogP contribution < -0.4 is 15.5 Å². The van der Waals surface area contributed by atoms with Crippen molar-refractivity contribution in [1.29, 1.82) is 0 Å². The second-order valence-electron chi connectivity index (χ2n) is 4.87. The van der Waals surface area contributed by atoms with E-state index in [9.17, 15) is 9.59 Å². The Morgan fingerprint density at radius 1 is 1.36 bits per heavy atom. The molecule has 7 heteroatoms. The highest BCUT2D eigenvalue weighted by Crippen LogP contribution is 2.24. The first kappa shape index (κ1) is 18.0. The molecule has 2 N–H and O–H groups in total. The van der Waals surface area contributed by atoms with E-state index >= 15 is 0 Å². The smallest absolute Gasteiger partial charge is 0.329 e. The molecule has 0 heterocycles. The minimum absolute atomic E-state index is 0.114. The highest BCUT2D eigenvalue weighted by molar-refractivity contribution is 6.35. The molecule has 0 atom stereocenters. The van der Waals surface area contributed by atoms with Crippen LogP contribution in [0.4, 0.5) is 0 Å². The molecule has 1 aromatic carbocycles. The van der Waals surface area contributed by atoms with Gasteiger partial charge in [-0.25, -0.2) is 5.43 Å². The van der Waals surface area contributed by atoms with Crippen LogP contribution in [0.3, 0.4) is 0 Å². The molecule has 0 radical (unpaired) electrons. The number of nitrogens with one attached hydrogen (secondary N) is 2. The summed E-state index contributed by atoms with van der Waals surface area (Å²) in [5.41, 5.74) is 2.83.